The molecule has 3 rings (SSSR count). The van der Waals surface area contributed by atoms with Crippen LogP contribution in [0.25, 0.3) is 0 Å². The number of nitrogens with zero attached hydrogens (tertiary/aromatic N) is 1. The molecule has 3 nitrogen and oxygen atoms in total. The average molecular weight is 412 g/mol. The van der Waals surface area contributed by atoms with Crippen LogP contribution in [0.1, 0.15) is 65.0 Å². The van der Waals surface area contributed by atoms with E-state index in [2.05, 4.69) is 32.6 Å². The summed E-state index contributed by atoms with van der Waals surface area (Å²) < 4.78 is 6.07. The maximum absolute atomic E-state index is 12.9. The van der Waals surface area contributed by atoms with Gasteiger partial charge in [-0.05, 0) is 61.6 Å². The molecule has 1 aromatic rings. The zero-order chi connectivity index (χ0) is 19.7. The number of rotatable bonds is 5. The first kappa shape index (κ1) is 21.0. The van der Waals surface area contributed by atoms with Crippen molar-refractivity contribution in [2.45, 2.75) is 71.6 Å². The molecule has 1 aliphatic carbocycles. The lowest BCUT2D eigenvalue weighted by Gasteiger charge is -2.45. The van der Waals surface area contributed by atoms with Gasteiger partial charge in [0.15, 0.2) is 0 Å². The molecule has 0 bridgehead atoms. The van der Waals surface area contributed by atoms with Gasteiger partial charge >= 0.3 is 5.97 Å². The Bertz CT molecular complexity index is 678. The van der Waals surface area contributed by atoms with E-state index in [4.69, 9.17) is 27.9 Å². The van der Waals surface area contributed by atoms with Crippen LogP contribution in [0.3, 0.4) is 0 Å². The van der Waals surface area contributed by atoms with Crippen molar-refractivity contribution in [3.05, 3.63) is 33.8 Å². The average Bonchev–Trinajstić information content (AvgIpc) is 2.53. The maximum Gasteiger partial charge on any atom is 0.323 e. The third kappa shape index (κ3) is 4.63. The lowest BCUT2D eigenvalue weighted by Crippen LogP contribution is -2.55. The summed E-state index contributed by atoms with van der Waals surface area (Å²) in [5.41, 5.74) is 1.00. The summed E-state index contributed by atoms with van der Waals surface area (Å²) >= 11 is 12.4. The number of hydrogen-bond acceptors (Lipinski definition) is 3. The molecule has 1 saturated heterocycles. The first-order chi connectivity index (χ1) is 12.8. The highest BCUT2D eigenvalue weighted by Gasteiger charge is 2.42. The minimum absolute atomic E-state index is 0.0538. The van der Waals surface area contributed by atoms with E-state index in [0.29, 0.717) is 27.8 Å². The monoisotopic (exact) mass is 411 g/mol. The molecule has 5 unspecified atom stereocenters. The Morgan fingerprint density at radius 3 is 2.52 bits per heavy atom. The zero-order valence-electron chi connectivity index (χ0n) is 16.8. The van der Waals surface area contributed by atoms with Crippen LogP contribution in [0, 0.1) is 17.8 Å². The molecule has 0 amide bonds. The first-order valence-corrected chi connectivity index (χ1v) is 10.9. The van der Waals surface area contributed by atoms with E-state index < -0.39 is 0 Å². The second kappa shape index (κ2) is 8.71. The van der Waals surface area contributed by atoms with Gasteiger partial charge < -0.3 is 4.74 Å². The molecule has 1 saturated carbocycles. The first-order valence-electron chi connectivity index (χ1n) is 10.2. The van der Waals surface area contributed by atoms with Crippen molar-refractivity contribution < 1.29 is 9.53 Å². The fourth-order valence-corrected chi connectivity index (χ4v) is 5.19. The highest BCUT2D eigenvalue weighted by molar-refractivity contribution is 6.35. The molecule has 5 atom stereocenters. The molecule has 1 aliphatic heterocycles. The smallest absolute Gasteiger partial charge is 0.323 e. The topological polar surface area (TPSA) is 29.5 Å². The molecule has 27 heavy (non-hydrogen) atoms. The Balaban J connectivity index is 1.66. The van der Waals surface area contributed by atoms with Gasteiger partial charge in [-0.25, -0.2) is 0 Å². The van der Waals surface area contributed by atoms with Crippen molar-refractivity contribution >= 4 is 29.2 Å². The molecule has 2 aliphatic rings. The highest BCUT2D eigenvalue weighted by Crippen LogP contribution is 2.38. The van der Waals surface area contributed by atoms with Gasteiger partial charge in [-0.2, -0.15) is 0 Å². The Morgan fingerprint density at radius 1 is 1.19 bits per heavy atom. The summed E-state index contributed by atoms with van der Waals surface area (Å²) in [6, 6.07) is 5.46. The predicted octanol–water partition coefficient (Wildman–Crippen LogP) is 6.13. The number of likely N-dealkylation sites (tertiary alicyclic amines) is 1. The summed E-state index contributed by atoms with van der Waals surface area (Å²) in [4.78, 5) is 15.1. The van der Waals surface area contributed by atoms with Crippen molar-refractivity contribution in [1.29, 1.82) is 0 Å². The van der Waals surface area contributed by atoms with Gasteiger partial charge in [0.25, 0.3) is 0 Å². The van der Waals surface area contributed by atoms with Crippen LogP contribution in [0.4, 0.5) is 0 Å². The van der Waals surface area contributed by atoms with Crippen molar-refractivity contribution in [1.82, 2.24) is 4.90 Å². The minimum Gasteiger partial charge on any atom is -0.461 e. The fraction of sp³-hybridized carbons (Fsp3) is 0.682. The lowest BCUT2D eigenvalue weighted by atomic mass is 9.75. The molecule has 0 radical (unpaired) electrons. The van der Waals surface area contributed by atoms with Gasteiger partial charge in [0.2, 0.25) is 0 Å². The van der Waals surface area contributed by atoms with Gasteiger partial charge in [0.05, 0.1) is 0 Å². The summed E-state index contributed by atoms with van der Waals surface area (Å²) in [7, 11) is 0. The Hall–Kier alpha value is -0.770. The predicted molar refractivity (Wildman–Crippen MR) is 111 cm³/mol. The summed E-state index contributed by atoms with van der Waals surface area (Å²) in [6.45, 7) is 9.71. The number of benzene rings is 1. The van der Waals surface area contributed by atoms with Crippen LogP contribution in [0.5, 0.6) is 0 Å². The molecular weight excluding hydrogens is 381 g/mol. The van der Waals surface area contributed by atoms with E-state index in [-0.39, 0.29) is 24.2 Å². The van der Waals surface area contributed by atoms with E-state index in [1.54, 1.807) is 6.07 Å². The van der Waals surface area contributed by atoms with Crippen molar-refractivity contribution in [3.63, 3.8) is 0 Å². The normalized spacial score (nSPS) is 30.0. The van der Waals surface area contributed by atoms with E-state index >= 15 is 0 Å². The van der Waals surface area contributed by atoms with Gasteiger partial charge in [0.1, 0.15) is 12.1 Å². The molecule has 2 fully saturated rings. The number of carbonyl (C=O) groups excluding carboxylic acids is 1. The van der Waals surface area contributed by atoms with Crippen LogP contribution in [0.15, 0.2) is 18.2 Å². The fourth-order valence-electron chi connectivity index (χ4n) is 4.62. The quantitative estimate of drug-likeness (QED) is 0.545. The van der Waals surface area contributed by atoms with Crippen molar-refractivity contribution in [2.75, 3.05) is 6.54 Å². The molecule has 1 heterocycles. The number of carbonyl (C=O) groups is 1. The summed E-state index contributed by atoms with van der Waals surface area (Å²) in [5, 5.41) is 1.27. The van der Waals surface area contributed by atoms with Gasteiger partial charge in [-0.15, -0.1) is 0 Å². The third-order valence-electron chi connectivity index (χ3n) is 6.47. The Labute approximate surface area is 173 Å². The van der Waals surface area contributed by atoms with Crippen LogP contribution in [-0.2, 0) is 9.53 Å². The number of hydrogen-bond donors (Lipinski definition) is 0. The van der Waals surface area contributed by atoms with Crippen molar-refractivity contribution in [3.8, 4) is 0 Å². The SMILES string of the molecule is CC1CCC(C(C)C)C(OC(=O)C2CCN2C(C)c2ccc(Cl)cc2Cl)C1. The van der Waals surface area contributed by atoms with Gasteiger partial charge in [-0.3, -0.25) is 9.69 Å². The molecule has 0 spiro atoms. The van der Waals surface area contributed by atoms with E-state index in [1.165, 1.54) is 6.42 Å². The highest BCUT2D eigenvalue weighted by atomic mass is 35.5. The maximum atomic E-state index is 12.9. The van der Waals surface area contributed by atoms with Crippen LogP contribution in [0.2, 0.25) is 10.0 Å². The third-order valence-corrected chi connectivity index (χ3v) is 7.03. The zero-order valence-corrected chi connectivity index (χ0v) is 18.3. The van der Waals surface area contributed by atoms with Gasteiger partial charge in [0, 0.05) is 22.6 Å². The molecular formula is C22H31Cl2NO2. The standard InChI is InChI=1S/C22H31Cl2NO2/c1-13(2)17-7-5-14(3)11-21(17)27-22(26)20-9-10-25(20)15(4)18-8-6-16(23)12-19(18)24/h6,8,12-15,17,20-21H,5,7,9-11H2,1-4H3. The van der Waals surface area contributed by atoms with Crippen LogP contribution in [-0.4, -0.2) is 29.6 Å². The van der Waals surface area contributed by atoms with Crippen LogP contribution < -0.4 is 0 Å². The lowest BCUT2D eigenvalue weighted by molar-refractivity contribution is -0.169. The second-order valence-corrected chi connectivity index (χ2v) is 9.53. The molecule has 0 aromatic heterocycles. The van der Waals surface area contributed by atoms with E-state index in [9.17, 15) is 4.79 Å². The second-order valence-electron chi connectivity index (χ2n) is 8.69. The molecule has 150 valence electrons. The number of ether oxygens (including phenoxy) is 1. The Kier molecular flexibility index (Phi) is 6.76. The van der Waals surface area contributed by atoms with Crippen molar-refractivity contribution in [2.24, 2.45) is 17.8 Å². The number of esters is 1. The minimum atomic E-state index is -0.170. The number of halogens is 2. The largest absolute Gasteiger partial charge is 0.461 e. The summed E-state index contributed by atoms with van der Waals surface area (Å²) in [6.07, 6.45) is 4.28. The van der Waals surface area contributed by atoms with Crippen LogP contribution >= 0.6 is 23.2 Å². The van der Waals surface area contributed by atoms with Gasteiger partial charge in [-0.1, -0.05) is 56.5 Å². The molecule has 1 aromatic carbocycles. The molecule has 5 heteroatoms. The molecule has 0 N–H and O–H groups in total. The summed E-state index contributed by atoms with van der Waals surface area (Å²) in [5.74, 6) is 1.58. The van der Waals surface area contributed by atoms with E-state index in [1.807, 2.05) is 12.1 Å². The Morgan fingerprint density at radius 2 is 1.93 bits per heavy atom. The van der Waals surface area contributed by atoms with E-state index in [0.717, 1.165) is 31.4 Å².